The van der Waals surface area contributed by atoms with Crippen LogP contribution in [-0.2, 0) is 4.79 Å². The van der Waals surface area contributed by atoms with Crippen LogP contribution < -0.4 is 5.32 Å². The Morgan fingerprint density at radius 1 is 1.07 bits per heavy atom. The quantitative estimate of drug-likeness (QED) is 0.597. The number of nitrogens with one attached hydrogen (secondary N) is 1. The fourth-order valence-corrected chi connectivity index (χ4v) is 1.74. The summed E-state index contributed by atoms with van der Waals surface area (Å²) in [6, 6.07) is 0.411. The van der Waals surface area contributed by atoms with Crippen molar-refractivity contribution in [2.24, 2.45) is 0 Å². The van der Waals surface area contributed by atoms with Gasteiger partial charge in [-0.2, -0.15) is 0 Å². The SMILES string of the molecule is CCCCCCC(CCC)NC(C)=O. The summed E-state index contributed by atoms with van der Waals surface area (Å²) in [7, 11) is 0. The third-order valence-electron chi connectivity index (χ3n) is 2.45. The standard InChI is InChI=1S/C12H25NO/c1-4-6-7-8-10-12(9-5-2)13-11(3)14/h12H,4-10H2,1-3H3,(H,13,14). The molecule has 0 fully saturated rings. The molecule has 0 heterocycles. The van der Waals surface area contributed by atoms with Gasteiger partial charge in [0.2, 0.25) is 5.91 Å². The van der Waals surface area contributed by atoms with E-state index >= 15 is 0 Å². The van der Waals surface area contributed by atoms with Gasteiger partial charge >= 0.3 is 0 Å². The molecule has 0 saturated carbocycles. The highest BCUT2D eigenvalue weighted by atomic mass is 16.1. The fourth-order valence-electron chi connectivity index (χ4n) is 1.74. The van der Waals surface area contributed by atoms with Crippen LogP contribution in [0.15, 0.2) is 0 Å². The van der Waals surface area contributed by atoms with Crippen LogP contribution in [0.5, 0.6) is 0 Å². The lowest BCUT2D eigenvalue weighted by molar-refractivity contribution is -0.119. The first-order chi connectivity index (χ1) is 6.70. The molecule has 0 aliphatic carbocycles. The number of carbonyl (C=O) groups is 1. The van der Waals surface area contributed by atoms with Gasteiger partial charge in [-0.05, 0) is 12.8 Å². The summed E-state index contributed by atoms with van der Waals surface area (Å²) in [6.45, 7) is 5.99. The largest absolute Gasteiger partial charge is 0.354 e. The average molecular weight is 199 g/mol. The molecule has 0 spiro atoms. The Kier molecular flexibility index (Phi) is 8.70. The van der Waals surface area contributed by atoms with E-state index in [-0.39, 0.29) is 5.91 Å². The lowest BCUT2D eigenvalue weighted by atomic mass is 10.0. The van der Waals surface area contributed by atoms with Crippen LogP contribution in [0.4, 0.5) is 0 Å². The maximum absolute atomic E-state index is 10.9. The molecule has 2 nitrogen and oxygen atoms in total. The first kappa shape index (κ1) is 13.5. The maximum atomic E-state index is 10.9. The summed E-state index contributed by atoms with van der Waals surface area (Å²) in [5, 5.41) is 3.02. The fraction of sp³-hybridized carbons (Fsp3) is 0.917. The molecule has 1 N–H and O–H groups in total. The van der Waals surface area contributed by atoms with Crippen LogP contribution in [0, 0.1) is 0 Å². The number of unbranched alkanes of at least 4 members (excludes halogenated alkanes) is 3. The highest BCUT2D eigenvalue weighted by Gasteiger charge is 2.07. The van der Waals surface area contributed by atoms with Crippen molar-refractivity contribution in [2.75, 3.05) is 0 Å². The molecular weight excluding hydrogens is 174 g/mol. The minimum absolute atomic E-state index is 0.110. The van der Waals surface area contributed by atoms with Gasteiger partial charge in [0.15, 0.2) is 0 Å². The minimum atomic E-state index is 0.110. The van der Waals surface area contributed by atoms with Crippen LogP contribution in [0.3, 0.4) is 0 Å². The topological polar surface area (TPSA) is 29.1 Å². The lowest BCUT2D eigenvalue weighted by Crippen LogP contribution is -2.32. The van der Waals surface area contributed by atoms with Crippen molar-refractivity contribution < 1.29 is 4.79 Å². The molecule has 0 aromatic heterocycles. The zero-order valence-electron chi connectivity index (χ0n) is 9.94. The minimum Gasteiger partial charge on any atom is -0.354 e. The van der Waals surface area contributed by atoms with Gasteiger partial charge < -0.3 is 5.32 Å². The Labute approximate surface area is 88.5 Å². The molecule has 0 aromatic carbocycles. The van der Waals surface area contributed by atoms with Gasteiger partial charge in [0.05, 0.1) is 0 Å². The second-order valence-electron chi connectivity index (χ2n) is 4.04. The van der Waals surface area contributed by atoms with Crippen LogP contribution in [-0.4, -0.2) is 11.9 Å². The van der Waals surface area contributed by atoms with Gasteiger partial charge in [-0.1, -0.05) is 46.0 Å². The van der Waals surface area contributed by atoms with Gasteiger partial charge in [0.1, 0.15) is 0 Å². The predicted molar refractivity (Wildman–Crippen MR) is 61.3 cm³/mol. The molecule has 0 aliphatic rings. The van der Waals surface area contributed by atoms with Crippen LogP contribution in [0.2, 0.25) is 0 Å². The molecule has 0 aliphatic heterocycles. The Balaban J connectivity index is 3.56. The summed E-state index contributed by atoms with van der Waals surface area (Å²) >= 11 is 0. The predicted octanol–water partition coefficient (Wildman–Crippen LogP) is 3.26. The van der Waals surface area contributed by atoms with Crippen molar-refractivity contribution in [1.82, 2.24) is 5.32 Å². The second kappa shape index (κ2) is 9.04. The molecule has 1 atom stereocenters. The summed E-state index contributed by atoms with van der Waals surface area (Å²) in [5.41, 5.74) is 0. The highest BCUT2D eigenvalue weighted by Crippen LogP contribution is 2.09. The number of carbonyl (C=O) groups excluding carboxylic acids is 1. The van der Waals surface area contributed by atoms with E-state index in [2.05, 4.69) is 19.2 Å². The average Bonchev–Trinajstić information content (AvgIpc) is 2.12. The molecule has 0 saturated heterocycles. The molecule has 1 unspecified atom stereocenters. The van der Waals surface area contributed by atoms with E-state index in [1.54, 1.807) is 6.92 Å². The molecule has 0 radical (unpaired) electrons. The van der Waals surface area contributed by atoms with Gasteiger partial charge in [-0.3, -0.25) is 4.79 Å². The number of hydrogen-bond donors (Lipinski definition) is 1. The van der Waals surface area contributed by atoms with Gasteiger partial charge in [-0.15, -0.1) is 0 Å². The normalized spacial score (nSPS) is 12.5. The van der Waals surface area contributed by atoms with Crippen molar-refractivity contribution in [3.63, 3.8) is 0 Å². The molecule has 1 amide bonds. The first-order valence-corrected chi connectivity index (χ1v) is 5.97. The van der Waals surface area contributed by atoms with Gasteiger partial charge in [-0.25, -0.2) is 0 Å². The van der Waals surface area contributed by atoms with Crippen molar-refractivity contribution >= 4 is 5.91 Å². The summed E-state index contributed by atoms with van der Waals surface area (Å²) in [4.78, 5) is 10.9. The third-order valence-corrected chi connectivity index (χ3v) is 2.45. The van der Waals surface area contributed by atoms with E-state index in [0.717, 1.165) is 19.3 Å². The Hall–Kier alpha value is -0.530. The second-order valence-corrected chi connectivity index (χ2v) is 4.04. The summed E-state index contributed by atoms with van der Waals surface area (Å²) in [6.07, 6.45) is 8.56. The van der Waals surface area contributed by atoms with Crippen molar-refractivity contribution in [3.8, 4) is 0 Å². The lowest BCUT2D eigenvalue weighted by Gasteiger charge is -2.16. The Morgan fingerprint density at radius 3 is 2.29 bits per heavy atom. The van der Waals surface area contributed by atoms with E-state index < -0.39 is 0 Å². The Bertz CT molecular complexity index is 145. The van der Waals surface area contributed by atoms with E-state index in [9.17, 15) is 4.79 Å². The van der Waals surface area contributed by atoms with E-state index in [1.807, 2.05) is 0 Å². The molecular formula is C12H25NO. The van der Waals surface area contributed by atoms with Gasteiger partial charge in [0.25, 0.3) is 0 Å². The number of hydrogen-bond acceptors (Lipinski definition) is 1. The molecule has 0 aromatic rings. The third kappa shape index (κ3) is 8.09. The maximum Gasteiger partial charge on any atom is 0.217 e. The number of amides is 1. The van der Waals surface area contributed by atoms with Crippen LogP contribution >= 0.6 is 0 Å². The highest BCUT2D eigenvalue weighted by molar-refractivity contribution is 5.73. The molecule has 14 heavy (non-hydrogen) atoms. The molecule has 84 valence electrons. The summed E-state index contributed by atoms with van der Waals surface area (Å²) < 4.78 is 0. The zero-order valence-corrected chi connectivity index (χ0v) is 9.94. The summed E-state index contributed by atoms with van der Waals surface area (Å²) in [5.74, 6) is 0.110. The van der Waals surface area contributed by atoms with Crippen molar-refractivity contribution in [2.45, 2.75) is 71.8 Å². The van der Waals surface area contributed by atoms with Crippen molar-refractivity contribution in [3.05, 3.63) is 0 Å². The monoisotopic (exact) mass is 199 g/mol. The van der Waals surface area contributed by atoms with E-state index in [0.29, 0.717) is 6.04 Å². The van der Waals surface area contributed by atoms with Crippen LogP contribution in [0.1, 0.15) is 65.7 Å². The smallest absolute Gasteiger partial charge is 0.217 e. The molecule has 2 heteroatoms. The molecule has 0 bridgehead atoms. The number of rotatable bonds is 8. The molecule has 0 rings (SSSR count). The van der Waals surface area contributed by atoms with E-state index in [1.165, 1.54) is 25.7 Å². The first-order valence-electron chi connectivity index (χ1n) is 5.97. The van der Waals surface area contributed by atoms with Gasteiger partial charge in [0, 0.05) is 13.0 Å². The van der Waals surface area contributed by atoms with Crippen LogP contribution in [0.25, 0.3) is 0 Å². The Morgan fingerprint density at radius 2 is 1.79 bits per heavy atom. The zero-order chi connectivity index (χ0) is 10.8. The van der Waals surface area contributed by atoms with Crippen molar-refractivity contribution in [1.29, 1.82) is 0 Å². The van der Waals surface area contributed by atoms with E-state index in [4.69, 9.17) is 0 Å².